The zero-order valence-electron chi connectivity index (χ0n) is 11.5. The number of rotatable bonds is 2. The fourth-order valence-electron chi connectivity index (χ4n) is 1.95. The molecule has 0 heterocycles. The summed E-state index contributed by atoms with van der Waals surface area (Å²) in [6.07, 6.45) is 6.51. The summed E-state index contributed by atoms with van der Waals surface area (Å²) in [7, 11) is 0. The van der Waals surface area contributed by atoms with E-state index in [0.717, 1.165) is 0 Å². The van der Waals surface area contributed by atoms with Crippen LogP contribution in [0.5, 0.6) is 0 Å². The van der Waals surface area contributed by atoms with Crippen LogP contribution in [0.25, 0.3) is 0 Å². The number of amides is 2. The van der Waals surface area contributed by atoms with E-state index >= 15 is 0 Å². The molecule has 0 spiro atoms. The number of primary amides is 1. The van der Waals surface area contributed by atoms with Crippen molar-refractivity contribution in [2.45, 2.75) is 45.1 Å². The standard InChI is InChI=1S/C9H17NOS.CH3NOS.Na.H/c1-7(10-9(11)12)8-5-3-2-4-6-8;2-1(3)4;;/h7-8H,2-6H2,1H3,(H2,10,11,12);(H3,2,3,4);;/q;;+1;-1. The van der Waals surface area contributed by atoms with E-state index < -0.39 is 5.24 Å². The van der Waals surface area contributed by atoms with Gasteiger partial charge in [-0.25, -0.2) is 0 Å². The number of nitrogens with one attached hydrogen (secondary N) is 1. The van der Waals surface area contributed by atoms with Gasteiger partial charge in [0.2, 0.25) is 0 Å². The van der Waals surface area contributed by atoms with Gasteiger partial charge in [-0.3, -0.25) is 9.59 Å². The Labute approximate surface area is 137 Å². The van der Waals surface area contributed by atoms with Gasteiger partial charge in [-0.2, -0.15) is 0 Å². The predicted molar refractivity (Wildman–Crippen MR) is 73.2 cm³/mol. The normalized spacial score (nSPS) is 16.9. The van der Waals surface area contributed by atoms with Crippen LogP contribution < -0.4 is 40.6 Å². The molecular weight excluding hydrogens is 267 g/mol. The van der Waals surface area contributed by atoms with E-state index in [-0.39, 0.29) is 36.2 Å². The smallest absolute Gasteiger partial charge is 1.00 e. The van der Waals surface area contributed by atoms with E-state index in [4.69, 9.17) is 4.79 Å². The SMILES string of the molecule is CC(NC(=O)S)C1CCCCC1.NC(=O)S.[H-].[Na+]. The Morgan fingerprint density at radius 1 is 1.29 bits per heavy atom. The van der Waals surface area contributed by atoms with E-state index in [1.165, 1.54) is 32.1 Å². The maximum atomic E-state index is 10.6. The van der Waals surface area contributed by atoms with E-state index in [9.17, 15) is 4.79 Å². The molecule has 0 radical (unpaired) electrons. The Morgan fingerprint density at radius 2 is 1.71 bits per heavy atom. The van der Waals surface area contributed by atoms with E-state index in [0.29, 0.717) is 12.0 Å². The summed E-state index contributed by atoms with van der Waals surface area (Å²) in [5.74, 6) is 0.676. The van der Waals surface area contributed by atoms with Gasteiger partial charge in [0.1, 0.15) is 0 Å². The minimum Gasteiger partial charge on any atom is -1.00 e. The van der Waals surface area contributed by atoms with Crippen LogP contribution in [0.15, 0.2) is 0 Å². The van der Waals surface area contributed by atoms with Gasteiger partial charge in [0.05, 0.1) is 0 Å². The Morgan fingerprint density at radius 3 is 2.06 bits per heavy atom. The molecular formula is C10H21N2NaO2S2. The van der Waals surface area contributed by atoms with Crippen molar-refractivity contribution in [3.8, 4) is 0 Å². The summed E-state index contributed by atoms with van der Waals surface area (Å²) in [5, 5.41) is 2.00. The van der Waals surface area contributed by atoms with Crippen molar-refractivity contribution >= 4 is 35.7 Å². The zero-order chi connectivity index (χ0) is 12.6. The largest absolute Gasteiger partial charge is 1.00 e. The number of carbonyl (C=O) groups is 2. The van der Waals surface area contributed by atoms with Gasteiger partial charge in [0.15, 0.2) is 0 Å². The molecule has 96 valence electrons. The maximum absolute atomic E-state index is 10.6. The fourth-order valence-corrected chi connectivity index (χ4v) is 2.15. The second kappa shape index (κ2) is 11.7. The molecule has 1 saturated carbocycles. The Hall–Kier alpha value is 0.640. The molecule has 0 bridgehead atoms. The van der Waals surface area contributed by atoms with E-state index in [1.807, 2.05) is 0 Å². The topological polar surface area (TPSA) is 72.2 Å². The average molecular weight is 288 g/mol. The summed E-state index contributed by atoms with van der Waals surface area (Å²) in [4.78, 5) is 19.7. The van der Waals surface area contributed by atoms with Crippen molar-refractivity contribution < 1.29 is 40.6 Å². The van der Waals surface area contributed by atoms with Crippen LogP contribution in [0, 0.1) is 5.92 Å². The molecule has 17 heavy (non-hydrogen) atoms. The molecule has 1 atom stereocenters. The van der Waals surface area contributed by atoms with Crippen molar-refractivity contribution in [2.24, 2.45) is 11.7 Å². The molecule has 1 fully saturated rings. The van der Waals surface area contributed by atoms with Crippen LogP contribution in [0.1, 0.15) is 40.5 Å². The molecule has 1 rings (SSSR count). The van der Waals surface area contributed by atoms with Crippen LogP contribution in [0.3, 0.4) is 0 Å². The van der Waals surface area contributed by atoms with Gasteiger partial charge in [0.25, 0.3) is 10.5 Å². The zero-order valence-corrected chi connectivity index (χ0v) is 14.3. The second-order valence-corrected chi connectivity index (χ2v) is 4.82. The molecule has 2 amide bonds. The first-order valence-electron chi connectivity index (χ1n) is 5.41. The van der Waals surface area contributed by atoms with Crippen molar-refractivity contribution in [3.05, 3.63) is 0 Å². The summed E-state index contributed by atoms with van der Waals surface area (Å²) in [6, 6.07) is 0.301. The molecule has 1 aliphatic rings. The first-order chi connectivity index (χ1) is 7.43. The average Bonchev–Trinajstić information content (AvgIpc) is 2.17. The van der Waals surface area contributed by atoms with E-state index in [2.05, 4.69) is 43.2 Å². The molecule has 1 unspecified atom stereocenters. The molecule has 1 aliphatic carbocycles. The Balaban J connectivity index is -0.000000332. The minimum atomic E-state index is -0.639. The Bertz CT molecular complexity index is 238. The van der Waals surface area contributed by atoms with Crippen molar-refractivity contribution in [3.63, 3.8) is 0 Å². The molecule has 0 aromatic heterocycles. The number of thiol groups is 2. The number of hydrogen-bond acceptors (Lipinski definition) is 2. The molecule has 0 aliphatic heterocycles. The fraction of sp³-hybridized carbons (Fsp3) is 0.800. The van der Waals surface area contributed by atoms with Crippen LogP contribution in [0.2, 0.25) is 0 Å². The van der Waals surface area contributed by atoms with Gasteiger partial charge in [-0.15, -0.1) is 0 Å². The molecule has 0 saturated heterocycles. The van der Waals surface area contributed by atoms with Crippen molar-refractivity contribution in [1.82, 2.24) is 5.32 Å². The van der Waals surface area contributed by atoms with Gasteiger partial charge in [-0.1, -0.05) is 44.5 Å². The van der Waals surface area contributed by atoms with Crippen molar-refractivity contribution in [1.29, 1.82) is 0 Å². The molecule has 4 nitrogen and oxygen atoms in total. The van der Waals surface area contributed by atoms with Gasteiger partial charge in [-0.05, 0) is 25.7 Å². The summed E-state index contributed by atoms with van der Waals surface area (Å²) in [6.45, 7) is 2.07. The first-order valence-corrected chi connectivity index (χ1v) is 6.30. The first kappa shape index (κ1) is 20.0. The van der Waals surface area contributed by atoms with Crippen LogP contribution in [-0.4, -0.2) is 16.5 Å². The third-order valence-electron chi connectivity index (χ3n) is 2.71. The third kappa shape index (κ3) is 12.9. The molecule has 7 heteroatoms. The number of hydrogen-bond donors (Lipinski definition) is 4. The second-order valence-electron chi connectivity index (χ2n) is 3.97. The molecule has 3 N–H and O–H groups in total. The van der Waals surface area contributed by atoms with E-state index in [1.54, 1.807) is 0 Å². The predicted octanol–water partition coefficient (Wildman–Crippen LogP) is -0.294. The van der Waals surface area contributed by atoms with Crippen molar-refractivity contribution in [2.75, 3.05) is 0 Å². The minimum absolute atomic E-state index is 0. The molecule has 0 aromatic carbocycles. The van der Waals surface area contributed by atoms with Gasteiger partial charge >= 0.3 is 29.6 Å². The summed E-state index contributed by atoms with van der Waals surface area (Å²) < 4.78 is 0. The van der Waals surface area contributed by atoms with Crippen LogP contribution in [0.4, 0.5) is 9.59 Å². The Kier molecular flexibility index (Phi) is 13.8. The van der Waals surface area contributed by atoms with Gasteiger partial charge < -0.3 is 12.5 Å². The monoisotopic (exact) mass is 288 g/mol. The summed E-state index contributed by atoms with van der Waals surface area (Å²) >= 11 is 6.81. The molecule has 0 aromatic rings. The summed E-state index contributed by atoms with van der Waals surface area (Å²) in [5.41, 5.74) is 4.34. The third-order valence-corrected chi connectivity index (χ3v) is 2.84. The maximum Gasteiger partial charge on any atom is 1.00 e. The van der Waals surface area contributed by atoms with Crippen LogP contribution >= 0.6 is 25.3 Å². The quantitative estimate of drug-likeness (QED) is 0.416. The van der Waals surface area contributed by atoms with Gasteiger partial charge in [0, 0.05) is 6.04 Å². The number of carbonyl (C=O) groups excluding carboxylic acids is 2. The van der Waals surface area contributed by atoms with Crippen LogP contribution in [-0.2, 0) is 0 Å². The number of nitrogens with two attached hydrogens (primary N) is 1.